The molecule has 0 radical (unpaired) electrons. The Labute approximate surface area is 149 Å². The maximum absolute atomic E-state index is 6.16. The van der Waals surface area contributed by atoms with E-state index in [9.17, 15) is 0 Å². The van der Waals surface area contributed by atoms with Crippen molar-refractivity contribution in [1.82, 2.24) is 4.98 Å². The molecule has 2 aromatic carbocycles. The van der Waals surface area contributed by atoms with Gasteiger partial charge in [-0.25, -0.2) is 0 Å². The van der Waals surface area contributed by atoms with E-state index in [2.05, 4.69) is 71.2 Å². The van der Waals surface area contributed by atoms with Crippen LogP contribution in [0.15, 0.2) is 69.7 Å². The molecule has 0 aliphatic heterocycles. The Kier molecular flexibility index (Phi) is 3.73. The first kappa shape index (κ1) is 15.2. The lowest BCUT2D eigenvalue weighted by Gasteiger charge is -2.05. The number of hydrogen-bond donors (Lipinski definition) is 0. The molecule has 4 rings (SSSR count). The van der Waals surface area contributed by atoms with E-state index in [0.717, 1.165) is 38.0 Å². The van der Waals surface area contributed by atoms with Crippen molar-refractivity contribution in [3.8, 4) is 22.6 Å². The molecule has 0 N–H and O–H groups in total. The minimum absolute atomic E-state index is 0.859. The van der Waals surface area contributed by atoms with E-state index in [1.54, 1.807) is 6.20 Å². The molecule has 0 atom stereocenters. The quantitative estimate of drug-likeness (QED) is 0.396. The van der Waals surface area contributed by atoms with Crippen LogP contribution in [-0.4, -0.2) is 4.98 Å². The minimum atomic E-state index is 0.859. The molecule has 0 bridgehead atoms. The molecule has 0 aliphatic carbocycles. The highest BCUT2D eigenvalue weighted by Crippen LogP contribution is 2.36. The summed E-state index contributed by atoms with van der Waals surface area (Å²) in [4.78, 5) is 4.59. The largest absolute Gasteiger partial charge is 0.456 e. The summed E-state index contributed by atoms with van der Waals surface area (Å²) in [6.45, 7) is 4.23. The predicted molar refractivity (Wildman–Crippen MR) is 102 cm³/mol. The summed E-state index contributed by atoms with van der Waals surface area (Å²) in [7, 11) is 0. The SMILES string of the molecule is Cc1cccc(C)c1-c1cc2c(-c3cccc(Br)c3)nccc2o1. The third-order valence-electron chi connectivity index (χ3n) is 4.27. The Morgan fingerprint density at radius 3 is 2.42 bits per heavy atom. The monoisotopic (exact) mass is 377 g/mol. The number of aryl methyl sites for hydroxylation is 2. The van der Waals surface area contributed by atoms with Crippen LogP contribution in [0.5, 0.6) is 0 Å². The maximum atomic E-state index is 6.16. The molecule has 0 spiro atoms. The summed E-state index contributed by atoms with van der Waals surface area (Å²) >= 11 is 3.53. The van der Waals surface area contributed by atoms with Crippen molar-refractivity contribution < 1.29 is 4.42 Å². The van der Waals surface area contributed by atoms with E-state index in [4.69, 9.17) is 4.42 Å². The Hall–Kier alpha value is -2.39. The average Bonchev–Trinajstić information content (AvgIpc) is 2.98. The van der Waals surface area contributed by atoms with Gasteiger partial charge >= 0.3 is 0 Å². The second-order valence-corrected chi connectivity index (χ2v) is 6.87. The van der Waals surface area contributed by atoms with Crippen molar-refractivity contribution in [2.45, 2.75) is 13.8 Å². The summed E-state index contributed by atoms with van der Waals surface area (Å²) in [6.07, 6.45) is 1.80. The fraction of sp³-hybridized carbons (Fsp3) is 0.0952. The first-order valence-electron chi connectivity index (χ1n) is 7.84. The summed E-state index contributed by atoms with van der Waals surface area (Å²) in [5, 5.41) is 1.04. The molecule has 0 saturated carbocycles. The van der Waals surface area contributed by atoms with Crippen molar-refractivity contribution in [2.24, 2.45) is 0 Å². The number of halogens is 1. The molecular weight excluding hydrogens is 362 g/mol. The van der Waals surface area contributed by atoms with Crippen LogP contribution in [0.2, 0.25) is 0 Å². The molecular formula is C21H16BrNO. The third kappa shape index (κ3) is 2.55. The van der Waals surface area contributed by atoms with Gasteiger partial charge in [0.1, 0.15) is 11.3 Å². The van der Waals surface area contributed by atoms with E-state index in [0.29, 0.717) is 0 Å². The number of furan rings is 1. The molecule has 4 aromatic rings. The molecule has 3 heteroatoms. The molecule has 2 heterocycles. The van der Waals surface area contributed by atoms with Gasteiger partial charge in [0, 0.05) is 27.2 Å². The summed E-state index contributed by atoms with van der Waals surface area (Å²) in [5.74, 6) is 0.893. The van der Waals surface area contributed by atoms with Crippen LogP contribution in [-0.2, 0) is 0 Å². The van der Waals surface area contributed by atoms with Crippen molar-refractivity contribution in [3.05, 3.63) is 76.4 Å². The van der Waals surface area contributed by atoms with Crippen molar-refractivity contribution >= 4 is 26.9 Å². The van der Waals surface area contributed by atoms with Crippen LogP contribution in [0.1, 0.15) is 11.1 Å². The van der Waals surface area contributed by atoms with Crippen LogP contribution in [0.4, 0.5) is 0 Å². The van der Waals surface area contributed by atoms with Gasteiger partial charge in [-0.3, -0.25) is 4.98 Å². The number of fused-ring (bicyclic) bond motifs is 1. The number of aromatic nitrogens is 1. The van der Waals surface area contributed by atoms with E-state index >= 15 is 0 Å². The third-order valence-corrected chi connectivity index (χ3v) is 4.76. The van der Waals surface area contributed by atoms with E-state index in [1.165, 1.54) is 11.1 Å². The van der Waals surface area contributed by atoms with Crippen LogP contribution < -0.4 is 0 Å². The molecule has 2 nitrogen and oxygen atoms in total. The Bertz CT molecular complexity index is 1030. The first-order chi connectivity index (χ1) is 11.6. The van der Waals surface area contributed by atoms with E-state index in [1.807, 2.05) is 18.2 Å². The zero-order valence-corrected chi connectivity index (χ0v) is 15.1. The summed E-state index contributed by atoms with van der Waals surface area (Å²) < 4.78 is 7.20. The normalized spacial score (nSPS) is 11.1. The molecule has 2 aromatic heterocycles. The summed E-state index contributed by atoms with van der Waals surface area (Å²) in [6, 6.07) is 18.5. The van der Waals surface area contributed by atoms with Crippen molar-refractivity contribution in [1.29, 1.82) is 0 Å². The Morgan fingerprint density at radius 2 is 1.67 bits per heavy atom. The van der Waals surface area contributed by atoms with Gasteiger partial charge in [-0.2, -0.15) is 0 Å². The second-order valence-electron chi connectivity index (χ2n) is 5.96. The van der Waals surface area contributed by atoms with Gasteiger partial charge in [0.15, 0.2) is 0 Å². The van der Waals surface area contributed by atoms with Crippen molar-refractivity contribution in [2.75, 3.05) is 0 Å². The highest BCUT2D eigenvalue weighted by Gasteiger charge is 2.14. The average molecular weight is 378 g/mol. The fourth-order valence-electron chi connectivity index (χ4n) is 3.16. The highest BCUT2D eigenvalue weighted by molar-refractivity contribution is 9.10. The Balaban J connectivity index is 1.95. The van der Waals surface area contributed by atoms with Crippen LogP contribution in [0.3, 0.4) is 0 Å². The van der Waals surface area contributed by atoms with Crippen LogP contribution in [0, 0.1) is 13.8 Å². The molecule has 24 heavy (non-hydrogen) atoms. The standard InChI is InChI=1S/C21H16BrNO/c1-13-5-3-6-14(2)20(13)19-12-17-18(24-19)9-10-23-21(17)15-7-4-8-16(22)11-15/h3-12H,1-2H3. The number of pyridine rings is 1. The van der Waals surface area contributed by atoms with Gasteiger partial charge < -0.3 is 4.42 Å². The number of rotatable bonds is 2. The molecule has 0 fully saturated rings. The van der Waals surface area contributed by atoms with Crippen molar-refractivity contribution in [3.63, 3.8) is 0 Å². The zero-order chi connectivity index (χ0) is 16.7. The Morgan fingerprint density at radius 1 is 0.917 bits per heavy atom. The topological polar surface area (TPSA) is 26.0 Å². The predicted octanol–water partition coefficient (Wildman–Crippen LogP) is 6.54. The summed E-state index contributed by atoms with van der Waals surface area (Å²) in [5.41, 5.74) is 6.46. The van der Waals surface area contributed by atoms with Gasteiger partial charge in [0.2, 0.25) is 0 Å². The molecule has 118 valence electrons. The van der Waals surface area contributed by atoms with Crippen LogP contribution >= 0.6 is 15.9 Å². The lowest BCUT2D eigenvalue weighted by Crippen LogP contribution is -1.85. The van der Waals surface area contributed by atoms with Gasteiger partial charge in [-0.15, -0.1) is 0 Å². The van der Waals surface area contributed by atoms with E-state index in [-0.39, 0.29) is 0 Å². The van der Waals surface area contributed by atoms with Crippen LogP contribution in [0.25, 0.3) is 33.6 Å². The zero-order valence-electron chi connectivity index (χ0n) is 13.5. The second kappa shape index (κ2) is 5.91. The number of hydrogen-bond acceptors (Lipinski definition) is 2. The lowest BCUT2D eigenvalue weighted by atomic mass is 10.0. The van der Waals surface area contributed by atoms with Gasteiger partial charge in [-0.05, 0) is 49.2 Å². The number of nitrogens with zero attached hydrogens (tertiary/aromatic N) is 1. The van der Waals surface area contributed by atoms with Gasteiger partial charge in [-0.1, -0.05) is 46.3 Å². The molecule has 0 unspecified atom stereocenters. The molecule has 0 amide bonds. The van der Waals surface area contributed by atoms with Gasteiger partial charge in [0.05, 0.1) is 5.69 Å². The van der Waals surface area contributed by atoms with Gasteiger partial charge in [0.25, 0.3) is 0 Å². The maximum Gasteiger partial charge on any atom is 0.138 e. The smallest absolute Gasteiger partial charge is 0.138 e. The number of benzene rings is 2. The van der Waals surface area contributed by atoms with E-state index < -0.39 is 0 Å². The minimum Gasteiger partial charge on any atom is -0.456 e. The molecule has 0 saturated heterocycles. The highest BCUT2D eigenvalue weighted by atomic mass is 79.9. The fourth-order valence-corrected chi connectivity index (χ4v) is 3.55. The first-order valence-corrected chi connectivity index (χ1v) is 8.64. The lowest BCUT2D eigenvalue weighted by molar-refractivity contribution is 0.630. The molecule has 0 aliphatic rings.